The van der Waals surface area contributed by atoms with Crippen LogP contribution in [-0.2, 0) is 10.1 Å². The summed E-state index contributed by atoms with van der Waals surface area (Å²) in [7, 11) is -3.96. The first-order valence-corrected chi connectivity index (χ1v) is 6.50. The molecule has 4 heteroatoms. The first-order chi connectivity index (χ1) is 6.31. The Kier molecular flexibility index (Phi) is 2.05. The highest BCUT2D eigenvalue weighted by Gasteiger charge is 2.49. The Hall–Kier alpha value is -0.350. The maximum atomic E-state index is 10.8. The summed E-state index contributed by atoms with van der Waals surface area (Å²) in [5, 5.41) is 1.08. The lowest BCUT2D eigenvalue weighted by Gasteiger charge is -2.32. The standard InChI is InChI=1S/C10H16O3S/c1-10(2)8-4-3-7(5-8)9(10)6-14(11,12)13/h6-8H,3-5H2,1-2H3,(H,11,12,13)/b9-6+/t7-,8+/m0/s1. The summed E-state index contributed by atoms with van der Waals surface area (Å²) >= 11 is 0. The summed E-state index contributed by atoms with van der Waals surface area (Å²) in [6.07, 6.45) is 3.37. The number of hydrogen-bond donors (Lipinski definition) is 1. The minimum atomic E-state index is -3.96. The summed E-state index contributed by atoms with van der Waals surface area (Å²) in [6, 6.07) is 0. The van der Waals surface area contributed by atoms with E-state index >= 15 is 0 Å². The average Bonchev–Trinajstić information content (AvgIpc) is 2.51. The second-order valence-corrected chi connectivity index (χ2v) is 6.28. The van der Waals surface area contributed by atoms with Crippen molar-refractivity contribution in [3.8, 4) is 0 Å². The number of hydrogen-bond acceptors (Lipinski definition) is 2. The van der Waals surface area contributed by atoms with Crippen molar-refractivity contribution in [1.29, 1.82) is 0 Å². The third-order valence-electron chi connectivity index (χ3n) is 3.91. The lowest BCUT2D eigenvalue weighted by atomic mass is 9.73. The van der Waals surface area contributed by atoms with Crippen molar-refractivity contribution in [1.82, 2.24) is 0 Å². The average molecular weight is 216 g/mol. The Bertz CT molecular complexity index is 378. The molecule has 1 N–H and O–H groups in total. The Morgan fingerprint density at radius 3 is 2.50 bits per heavy atom. The molecule has 0 aromatic rings. The first kappa shape index (κ1) is 10.2. The van der Waals surface area contributed by atoms with Crippen molar-refractivity contribution in [2.24, 2.45) is 17.3 Å². The molecule has 2 saturated carbocycles. The summed E-state index contributed by atoms with van der Waals surface area (Å²) in [4.78, 5) is 0. The maximum Gasteiger partial charge on any atom is 0.287 e. The van der Waals surface area contributed by atoms with Crippen LogP contribution in [0, 0.1) is 17.3 Å². The van der Waals surface area contributed by atoms with E-state index in [4.69, 9.17) is 4.55 Å². The lowest BCUT2D eigenvalue weighted by molar-refractivity contribution is 0.288. The van der Waals surface area contributed by atoms with E-state index in [1.165, 1.54) is 6.42 Å². The monoisotopic (exact) mass is 216 g/mol. The Labute approximate surface area is 85.0 Å². The minimum absolute atomic E-state index is 0.0429. The van der Waals surface area contributed by atoms with Gasteiger partial charge < -0.3 is 0 Å². The van der Waals surface area contributed by atoms with E-state index < -0.39 is 10.1 Å². The summed E-state index contributed by atoms with van der Waals surface area (Å²) < 4.78 is 30.5. The number of allylic oxidation sites excluding steroid dienone is 1. The van der Waals surface area contributed by atoms with Gasteiger partial charge in [0.2, 0.25) is 0 Å². The van der Waals surface area contributed by atoms with Crippen molar-refractivity contribution in [3.05, 3.63) is 11.0 Å². The van der Waals surface area contributed by atoms with Crippen molar-refractivity contribution < 1.29 is 13.0 Å². The Balaban J connectivity index is 2.42. The molecule has 80 valence electrons. The fourth-order valence-electron chi connectivity index (χ4n) is 3.09. The van der Waals surface area contributed by atoms with Gasteiger partial charge in [-0.15, -0.1) is 0 Å². The van der Waals surface area contributed by atoms with Crippen LogP contribution in [0.5, 0.6) is 0 Å². The zero-order chi connectivity index (χ0) is 10.6. The normalized spacial score (nSPS) is 38.1. The molecule has 2 bridgehead atoms. The molecule has 0 spiro atoms. The zero-order valence-electron chi connectivity index (χ0n) is 8.53. The van der Waals surface area contributed by atoms with Gasteiger partial charge in [0.15, 0.2) is 0 Å². The van der Waals surface area contributed by atoms with Gasteiger partial charge in [0, 0.05) is 0 Å². The molecule has 2 rings (SSSR count). The molecule has 2 aliphatic carbocycles. The predicted octanol–water partition coefficient (Wildman–Crippen LogP) is 2.21. The SMILES string of the molecule is CC1(C)/C(=C/S(=O)(=O)O)[C@H]2CC[C@@H]1C2. The van der Waals surface area contributed by atoms with Gasteiger partial charge >= 0.3 is 0 Å². The highest BCUT2D eigenvalue weighted by Crippen LogP contribution is 2.59. The van der Waals surface area contributed by atoms with Crippen LogP contribution < -0.4 is 0 Å². The fourth-order valence-corrected chi connectivity index (χ4v) is 3.91. The van der Waals surface area contributed by atoms with Crippen LogP contribution in [0.2, 0.25) is 0 Å². The minimum Gasteiger partial charge on any atom is -0.282 e. The van der Waals surface area contributed by atoms with Gasteiger partial charge in [0.1, 0.15) is 0 Å². The van der Waals surface area contributed by atoms with Crippen LogP contribution in [0.3, 0.4) is 0 Å². The third kappa shape index (κ3) is 1.50. The van der Waals surface area contributed by atoms with E-state index in [9.17, 15) is 8.42 Å². The number of rotatable bonds is 1. The quantitative estimate of drug-likeness (QED) is 0.684. The molecule has 2 aliphatic rings. The molecule has 0 amide bonds. The molecule has 0 unspecified atom stereocenters. The molecular weight excluding hydrogens is 200 g/mol. The largest absolute Gasteiger partial charge is 0.287 e. The molecule has 0 aromatic carbocycles. The lowest BCUT2D eigenvalue weighted by Crippen LogP contribution is -2.23. The molecule has 0 aliphatic heterocycles. The van der Waals surface area contributed by atoms with Gasteiger partial charge in [-0.3, -0.25) is 4.55 Å². The van der Waals surface area contributed by atoms with Crippen LogP contribution in [0.25, 0.3) is 0 Å². The van der Waals surface area contributed by atoms with E-state index in [1.807, 2.05) is 0 Å². The van der Waals surface area contributed by atoms with E-state index in [-0.39, 0.29) is 5.41 Å². The van der Waals surface area contributed by atoms with Gasteiger partial charge in [0.25, 0.3) is 10.1 Å². The van der Waals surface area contributed by atoms with E-state index in [1.54, 1.807) is 0 Å². The van der Waals surface area contributed by atoms with Crippen molar-refractivity contribution >= 4 is 10.1 Å². The van der Waals surface area contributed by atoms with Crippen molar-refractivity contribution in [2.75, 3.05) is 0 Å². The molecule has 0 heterocycles. The topological polar surface area (TPSA) is 54.4 Å². The second-order valence-electron chi connectivity index (χ2n) is 5.02. The van der Waals surface area contributed by atoms with Gasteiger partial charge in [0.05, 0.1) is 5.41 Å². The van der Waals surface area contributed by atoms with E-state index in [0.717, 1.165) is 23.8 Å². The van der Waals surface area contributed by atoms with Gasteiger partial charge in [-0.05, 0) is 42.1 Å². The van der Waals surface area contributed by atoms with Crippen LogP contribution in [-0.4, -0.2) is 13.0 Å². The second kappa shape index (κ2) is 2.83. The van der Waals surface area contributed by atoms with Crippen LogP contribution in [0.1, 0.15) is 33.1 Å². The Morgan fingerprint density at radius 2 is 2.07 bits per heavy atom. The summed E-state index contributed by atoms with van der Waals surface area (Å²) in [5.74, 6) is 0.984. The maximum absolute atomic E-state index is 10.8. The molecule has 2 atom stereocenters. The van der Waals surface area contributed by atoms with Crippen LogP contribution >= 0.6 is 0 Å². The van der Waals surface area contributed by atoms with Gasteiger partial charge in [-0.1, -0.05) is 13.8 Å². The third-order valence-corrected chi connectivity index (χ3v) is 4.46. The zero-order valence-corrected chi connectivity index (χ0v) is 9.34. The molecule has 14 heavy (non-hydrogen) atoms. The molecular formula is C10H16O3S. The highest BCUT2D eigenvalue weighted by atomic mass is 32.2. The van der Waals surface area contributed by atoms with E-state index in [0.29, 0.717) is 11.8 Å². The van der Waals surface area contributed by atoms with Gasteiger partial charge in [-0.25, -0.2) is 0 Å². The predicted molar refractivity (Wildman–Crippen MR) is 54.2 cm³/mol. The molecule has 0 saturated heterocycles. The van der Waals surface area contributed by atoms with Crippen LogP contribution in [0.4, 0.5) is 0 Å². The summed E-state index contributed by atoms with van der Waals surface area (Å²) in [5.41, 5.74) is 0.884. The smallest absolute Gasteiger partial charge is 0.282 e. The van der Waals surface area contributed by atoms with Crippen molar-refractivity contribution in [2.45, 2.75) is 33.1 Å². The Morgan fingerprint density at radius 1 is 1.43 bits per heavy atom. The van der Waals surface area contributed by atoms with Crippen LogP contribution in [0.15, 0.2) is 11.0 Å². The number of fused-ring (bicyclic) bond motifs is 2. The highest BCUT2D eigenvalue weighted by molar-refractivity contribution is 7.88. The molecule has 2 fully saturated rings. The fraction of sp³-hybridized carbons (Fsp3) is 0.800. The molecule has 0 aromatic heterocycles. The molecule has 0 radical (unpaired) electrons. The first-order valence-electron chi connectivity index (χ1n) is 5.00. The van der Waals surface area contributed by atoms with Crippen molar-refractivity contribution in [3.63, 3.8) is 0 Å². The van der Waals surface area contributed by atoms with E-state index in [2.05, 4.69) is 13.8 Å². The van der Waals surface area contributed by atoms with Gasteiger partial charge in [-0.2, -0.15) is 8.42 Å². The molecule has 3 nitrogen and oxygen atoms in total. The summed E-state index contributed by atoms with van der Waals surface area (Å²) in [6.45, 7) is 4.15.